The van der Waals surface area contributed by atoms with Crippen LogP contribution in [-0.4, -0.2) is 48.2 Å². The number of carbonyl (C=O) groups is 2. The summed E-state index contributed by atoms with van der Waals surface area (Å²) in [5, 5.41) is 8.37. The maximum Gasteiger partial charge on any atom is 0.330 e. The van der Waals surface area contributed by atoms with Gasteiger partial charge in [-0.15, -0.1) is 6.58 Å². The third kappa shape index (κ3) is 8.79. The third-order valence-electron chi connectivity index (χ3n) is 2.43. The van der Waals surface area contributed by atoms with Crippen molar-refractivity contribution in [1.82, 2.24) is 4.90 Å². The summed E-state index contributed by atoms with van der Waals surface area (Å²) in [6.07, 6.45) is 4.59. The van der Waals surface area contributed by atoms with Gasteiger partial charge in [0.2, 0.25) is 5.91 Å². The smallest absolute Gasteiger partial charge is 0.330 e. The molecule has 0 aliphatic carbocycles. The number of amides is 1. The van der Waals surface area contributed by atoms with Gasteiger partial charge in [0.1, 0.15) is 0 Å². The monoisotopic (exact) mass is 267 g/mol. The van der Waals surface area contributed by atoms with Gasteiger partial charge in [0.15, 0.2) is 0 Å². The van der Waals surface area contributed by atoms with E-state index in [2.05, 4.69) is 19.7 Å². The Balaban J connectivity index is 0.000000344. The largest absolute Gasteiger partial charge is 0.478 e. The van der Waals surface area contributed by atoms with Gasteiger partial charge in [0.05, 0.1) is 12.7 Å². The molecule has 0 saturated carbocycles. The zero-order chi connectivity index (χ0) is 14.8. The van der Waals surface area contributed by atoms with E-state index in [0.717, 1.165) is 13.0 Å². The summed E-state index contributed by atoms with van der Waals surface area (Å²) >= 11 is 0. The van der Waals surface area contributed by atoms with Crippen LogP contribution >= 0.6 is 0 Å². The van der Waals surface area contributed by atoms with Crippen LogP contribution in [0.3, 0.4) is 0 Å². The van der Waals surface area contributed by atoms with Crippen LogP contribution in [0.15, 0.2) is 37.5 Å². The summed E-state index contributed by atoms with van der Waals surface area (Å²) < 4.78 is 4.90. The zero-order valence-corrected chi connectivity index (χ0v) is 11.3. The third-order valence-corrected chi connectivity index (χ3v) is 2.43. The van der Waals surface area contributed by atoms with Gasteiger partial charge in [0, 0.05) is 19.2 Å². The number of carboxylic acid groups (broad SMARTS) is 1. The summed E-state index contributed by atoms with van der Waals surface area (Å²) in [6, 6.07) is 0. The van der Waals surface area contributed by atoms with E-state index in [1.54, 1.807) is 13.1 Å². The highest BCUT2D eigenvalue weighted by molar-refractivity contribution is 5.86. The van der Waals surface area contributed by atoms with Crippen LogP contribution in [0, 0.1) is 0 Å². The molecule has 0 aromatic heterocycles. The average molecular weight is 267 g/mol. The predicted octanol–water partition coefficient (Wildman–Crippen LogP) is 1.62. The molecule has 1 aliphatic rings. The first-order chi connectivity index (χ1) is 8.92. The molecule has 0 spiro atoms. The lowest BCUT2D eigenvalue weighted by Gasteiger charge is -2.10. The molecule has 1 N–H and O–H groups in total. The minimum atomic E-state index is -0.902. The van der Waals surface area contributed by atoms with E-state index in [0.29, 0.717) is 19.1 Å². The van der Waals surface area contributed by atoms with Gasteiger partial charge in [-0.1, -0.05) is 19.2 Å². The molecule has 1 aliphatic heterocycles. The highest BCUT2D eigenvalue weighted by atomic mass is 16.6. The summed E-state index contributed by atoms with van der Waals surface area (Å²) in [6.45, 7) is 11.6. The van der Waals surface area contributed by atoms with E-state index in [1.807, 2.05) is 0 Å². The van der Waals surface area contributed by atoms with Crippen LogP contribution in [0.1, 0.15) is 12.8 Å². The maximum absolute atomic E-state index is 10.7. The Bertz CT molecular complexity index is 358. The lowest BCUT2D eigenvalue weighted by molar-refractivity contribution is -0.132. The van der Waals surface area contributed by atoms with Crippen LogP contribution in [0.4, 0.5) is 0 Å². The molecule has 0 aromatic rings. The normalized spacial score (nSPS) is 15.5. The van der Waals surface area contributed by atoms with Gasteiger partial charge in [-0.25, -0.2) is 4.79 Å². The first kappa shape index (κ1) is 17.1. The summed E-state index contributed by atoms with van der Waals surface area (Å²) in [7, 11) is 1.70. The first-order valence-corrected chi connectivity index (χ1v) is 5.93. The molecule has 1 atom stereocenters. The van der Waals surface area contributed by atoms with Crippen molar-refractivity contribution >= 4 is 11.9 Å². The van der Waals surface area contributed by atoms with E-state index in [4.69, 9.17) is 9.84 Å². The number of hydrogen-bond donors (Lipinski definition) is 1. The van der Waals surface area contributed by atoms with Crippen molar-refractivity contribution in [3.63, 3.8) is 0 Å². The van der Waals surface area contributed by atoms with Crippen LogP contribution < -0.4 is 0 Å². The lowest BCUT2D eigenvalue weighted by Crippen LogP contribution is -2.24. The molecule has 5 nitrogen and oxygen atoms in total. The number of epoxide rings is 1. The van der Waals surface area contributed by atoms with E-state index >= 15 is 0 Å². The fourth-order valence-corrected chi connectivity index (χ4v) is 1.12. The first-order valence-electron chi connectivity index (χ1n) is 5.93. The van der Waals surface area contributed by atoms with Gasteiger partial charge in [0.25, 0.3) is 0 Å². The predicted molar refractivity (Wildman–Crippen MR) is 73.8 cm³/mol. The quantitative estimate of drug-likeness (QED) is 0.432. The second-order valence-electron chi connectivity index (χ2n) is 4.11. The van der Waals surface area contributed by atoms with Crippen molar-refractivity contribution in [3.8, 4) is 0 Å². The van der Waals surface area contributed by atoms with Crippen LogP contribution in [0.5, 0.6) is 0 Å². The molecule has 0 aromatic carbocycles. The molecule has 1 saturated heterocycles. The molecule has 0 bridgehead atoms. The number of likely N-dealkylation sites (N-methyl/N-ethyl adjacent to an activating group) is 1. The maximum atomic E-state index is 10.7. The highest BCUT2D eigenvalue weighted by Crippen LogP contribution is 2.17. The van der Waals surface area contributed by atoms with Gasteiger partial charge in [-0.05, 0) is 18.9 Å². The standard InChI is InChI=1S/C7H11NO.C7H10O3/c1-4-6-8(3)7(9)5-2;1-5(7(8)9)2-3-6-4-10-6/h4-5H,1-2,6H2,3H3;6H,1-4H2,(H,8,9). The Morgan fingerprint density at radius 1 is 1.47 bits per heavy atom. The van der Waals surface area contributed by atoms with Crippen molar-refractivity contribution < 1.29 is 19.4 Å². The zero-order valence-electron chi connectivity index (χ0n) is 11.3. The van der Waals surface area contributed by atoms with Gasteiger partial charge in [-0.3, -0.25) is 4.79 Å². The Kier molecular flexibility index (Phi) is 8.20. The van der Waals surface area contributed by atoms with E-state index in [-0.39, 0.29) is 11.5 Å². The minimum Gasteiger partial charge on any atom is -0.478 e. The average Bonchev–Trinajstić information content (AvgIpc) is 3.19. The molecule has 1 rings (SSSR count). The molecule has 1 heterocycles. The van der Waals surface area contributed by atoms with Crippen molar-refractivity contribution in [2.24, 2.45) is 0 Å². The molecule has 1 fully saturated rings. The number of carboxylic acids is 1. The molecule has 1 unspecified atom stereocenters. The number of aliphatic carboxylic acids is 1. The molecule has 0 radical (unpaired) electrons. The fraction of sp³-hybridized carbons (Fsp3) is 0.429. The van der Waals surface area contributed by atoms with Gasteiger partial charge >= 0.3 is 5.97 Å². The Labute approximate surface area is 113 Å². The summed E-state index contributed by atoms with van der Waals surface area (Å²) in [4.78, 5) is 22.4. The van der Waals surface area contributed by atoms with Crippen molar-refractivity contribution in [1.29, 1.82) is 0 Å². The van der Waals surface area contributed by atoms with Crippen LogP contribution in [0.25, 0.3) is 0 Å². The molecular weight excluding hydrogens is 246 g/mol. The highest BCUT2D eigenvalue weighted by Gasteiger charge is 2.22. The number of rotatable bonds is 7. The minimum absolute atomic E-state index is 0.0742. The number of hydrogen-bond acceptors (Lipinski definition) is 3. The van der Waals surface area contributed by atoms with E-state index in [1.165, 1.54) is 11.0 Å². The molecular formula is C14H21NO4. The summed E-state index contributed by atoms with van der Waals surface area (Å²) in [5.41, 5.74) is 0.274. The SMILES string of the molecule is C=C(CCC1CO1)C(=O)O.C=CCN(C)C(=O)C=C. The van der Waals surface area contributed by atoms with Crippen LogP contribution in [-0.2, 0) is 14.3 Å². The van der Waals surface area contributed by atoms with Crippen molar-refractivity contribution in [3.05, 3.63) is 37.5 Å². The Morgan fingerprint density at radius 2 is 2.05 bits per heavy atom. The molecule has 106 valence electrons. The van der Waals surface area contributed by atoms with Gasteiger partial charge < -0.3 is 14.7 Å². The van der Waals surface area contributed by atoms with Crippen LogP contribution in [0.2, 0.25) is 0 Å². The number of nitrogens with zero attached hydrogens (tertiary/aromatic N) is 1. The number of carbonyl (C=O) groups excluding carboxylic acids is 1. The number of ether oxygens (including phenoxy) is 1. The molecule has 5 heteroatoms. The Hall–Kier alpha value is -1.88. The van der Waals surface area contributed by atoms with Crippen molar-refractivity contribution in [2.45, 2.75) is 18.9 Å². The fourth-order valence-electron chi connectivity index (χ4n) is 1.12. The second-order valence-corrected chi connectivity index (χ2v) is 4.11. The second kappa shape index (κ2) is 9.10. The van der Waals surface area contributed by atoms with E-state index < -0.39 is 5.97 Å². The summed E-state index contributed by atoms with van der Waals surface area (Å²) in [5.74, 6) is -0.976. The van der Waals surface area contributed by atoms with E-state index in [9.17, 15) is 9.59 Å². The van der Waals surface area contributed by atoms with Crippen molar-refractivity contribution in [2.75, 3.05) is 20.2 Å². The molecule has 1 amide bonds. The molecule has 19 heavy (non-hydrogen) atoms. The topological polar surface area (TPSA) is 70.1 Å². The Morgan fingerprint density at radius 3 is 2.42 bits per heavy atom. The lowest BCUT2D eigenvalue weighted by atomic mass is 10.1. The van der Waals surface area contributed by atoms with Gasteiger partial charge in [-0.2, -0.15) is 0 Å².